The highest BCUT2D eigenvalue weighted by Crippen LogP contribution is 2.24. The molecule has 3 nitrogen and oxygen atoms in total. The van der Waals surface area contributed by atoms with Crippen LogP contribution in [-0.4, -0.2) is 11.6 Å². The molecule has 2 rings (SSSR count). The Morgan fingerprint density at radius 3 is 2.14 bits per heavy atom. The van der Waals surface area contributed by atoms with E-state index >= 15 is 0 Å². The Balaban J connectivity index is 2.55. The highest BCUT2D eigenvalue weighted by atomic mass is 16.1. The van der Waals surface area contributed by atoms with E-state index in [9.17, 15) is 4.79 Å². The molecule has 1 aromatic carbocycles. The molecule has 1 N–H and O–H groups in total. The molecule has 0 radical (unpaired) electrons. The van der Waals surface area contributed by atoms with Crippen molar-refractivity contribution in [2.24, 2.45) is 0 Å². The molecule has 1 aromatic heterocycles. The second-order valence-corrected chi connectivity index (χ2v) is 6.32. The second-order valence-electron chi connectivity index (χ2n) is 6.32. The Morgan fingerprint density at radius 2 is 1.64 bits per heavy atom. The summed E-state index contributed by atoms with van der Waals surface area (Å²) in [6.07, 6.45) is 0. The van der Waals surface area contributed by atoms with Gasteiger partial charge in [0.25, 0.3) is 5.56 Å². The number of aromatic nitrogens is 1. The van der Waals surface area contributed by atoms with E-state index < -0.39 is 0 Å². The van der Waals surface area contributed by atoms with Crippen molar-refractivity contribution >= 4 is 0 Å². The number of hydrogen-bond donors (Lipinski definition) is 1. The maximum absolute atomic E-state index is 12.7. The van der Waals surface area contributed by atoms with Gasteiger partial charge in [0, 0.05) is 18.2 Å². The van der Waals surface area contributed by atoms with Gasteiger partial charge in [-0.25, -0.2) is 0 Å². The highest BCUT2D eigenvalue weighted by Gasteiger charge is 2.13. The summed E-state index contributed by atoms with van der Waals surface area (Å²) in [5.41, 5.74) is 4.28. The number of nitrogens with one attached hydrogen (secondary N) is 1. The Kier molecular flexibility index (Phi) is 5.19. The fourth-order valence-corrected chi connectivity index (χ4v) is 2.71. The van der Waals surface area contributed by atoms with E-state index in [2.05, 4.69) is 63.3 Å². The van der Waals surface area contributed by atoms with Crippen LogP contribution in [0.3, 0.4) is 0 Å². The SMILES string of the molecule is CNCc1ccc(-c2ccc(C(C)C)cc2)n(C(C)C)c1=O. The van der Waals surface area contributed by atoms with Gasteiger partial charge in [-0.05, 0) is 44.0 Å². The van der Waals surface area contributed by atoms with E-state index in [0.29, 0.717) is 12.5 Å². The molecule has 2 aromatic rings. The first-order valence-electron chi connectivity index (χ1n) is 7.95. The standard InChI is InChI=1S/C19H26N2O/c1-13(2)15-6-8-16(9-7-15)18-11-10-17(12-20-5)19(22)21(18)14(3)4/h6-11,13-14,20H,12H2,1-5H3. The minimum atomic E-state index is 0.0924. The first-order valence-corrected chi connectivity index (χ1v) is 7.95. The Morgan fingerprint density at radius 1 is 1.00 bits per heavy atom. The van der Waals surface area contributed by atoms with Gasteiger partial charge >= 0.3 is 0 Å². The van der Waals surface area contributed by atoms with Crippen molar-refractivity contribution in [1.82, 2.24) is 9.88 Å². The van der Waals surface area contributed by atoms with Gasteiger partial charge in [0.1, 0.15) is 0 Å². The maximum Gasteiger partial charge on any atom is 0.255 e. The lowest BCUT2D eigenvalue weighted by Gasteiger charge is -2.18. The molecule has 0 spiro atoms. The number of rotatable bonds is 5. The minimum Gasteiger partial charge on any atom is -0.315 e. The zero-order chi connectivity index (χ0) is 16.3. The van der Waals surface area contributed by atoms with Gasteiger partial charge < -0.3 is 9.88 Å². The summed E-state index contributed by atoms with van der Waals surface area (Å²) in [6.45, 7) is 9.07. The molecule has 1 heterocycles. The topological polar surface area (TPSA) is 34.0 Å². The van der Waals surface area contributed by atoms with Crippen molar-refractivity contribution in [3.8, 4) is 11.3 Å². The zero-order valence-electron chi connectivity index (χ0n) is 14.2. The number of hydrogen-bond acceptors (Lipinski definition) is 2. The average Bonchev–Trinajstić information content (AvgIpc) is 2.49. The fourth-order valence-electron chi connectivity index (χ4n) is 2.71. The third-order valence-electron chi connectivity index (χ3n) is 3.95. The van der Waals surface area contributed by atoms with Gasteiger partial charge in [0.2, 0.25) is 0 Å². The number of pyridine rings is 1. The van der Waals surface area contributed by atoms with Crippen LogP contribution < -0.4 is 10.9 Å². The second kappa shape index (κ2) is 6.93. The molecular weight excluding hydrogens is 272 g/mol. The summed E-state index contributed by atoms with van der Waals surface area (Å²) in [5.74, 6) is 0.513. The first kappa shape index (κ1) is 16.5. The van der Waals surface area contributed by atoms with E-state index in [-0.39, 0.29) is 11.6 Å². The molecule has 0 unspecified atom stereocenters. The summed E-state index contributed by atoms with van der Waals surface area (Å²) in [7, 11) is 1.86. The Hall–Kier alpha value is -1.87. The molecule has 118 valence electrons. The van der Waals surface area contributed by atoms with Crippen LogP contribution in [0.25, 0.3) is 11.3 Å². The quantitative estimate of drug-likeness (QED) is 0.907. The van der Waals surface area contributed by atoms with E-state index in [1.165, 1.54) is 5.56 Å². The molecule has 0 aliphatic carbocycles. The average molecular weight is 298 g/mol. The lowest BCUT2D eigenvalue weighted by molar-refractivity contribution is 0.577. The molecular formula is C19H26N2O. The molecule has 0 bridgehead atoms. The summed E-state index contributed by atoms with van der Waals surface area (Å²) in [4.78, 5) is 12.7. The van der Waals surface area contributed by atoms with E-state index in [1.54, 1.807) is 0 Å². The molecule has 0 saturated heterocycles. The molecule has 0 amide bonds. The maximum atomic E-state index is 12.7. The van der Waals surface area contributed by atoms with E-state index in [1.807, 2.05) is 17.7 Å². The predicted octanol–water partition coefficient (Wildman–Crippen LogP) is 3.94. The molecule has 0 aliphatic heterocycles. The molecule has 0 aliphatic rings. The number of nitrogens with zero attached hydrogens (tertiary/aromatic N) is 1. The number of benzene rings is 1. The smallest absolute Gasteiger partial charge is 0.255 e. The summed E-state index contributed by atoms with van der Waals surface area (Å²) in [6, 6.07) is 12.6. The first-order chi connectivity index (χ1) is 10.5. The summed E-state index contributed by atoms with van der Waals surface area (Å²) >= 11 is 0. The van der Waals surface area contributed by atoms with Gasteiger partial charge in [-0.3, -0.25) is 4.79 Å². The van der Waals surface area contributed by atoms with Crippen molar-refractivity contribution < 1.29 is 0 Å². The third-order valence-corrected chi connectivity index (χ3v) is 3.95. The Bertz CT molecular complexity index is 682. The largest absolute Gasteiger partial charge is 0.315 e. The fraction of sp³-hybridized carbons (Fsp3) is 0.421. The van der Waals surface area contributed by atoms with Crippen LogP contribution in [0.5, 0.6) is 0 Å². The van der Waals surface area contributed by atoms with Crippen LogP contribution in [0.2, 0.25) is 0 Å². The molecule has 0 fully saturated rings. The third kappa shape index (κ3) is 3.30. The van der Waals surface area contributed by atoms with Gasteiger partial charge in [0.05, 0.1) is 5.69 Å². The Labute approximate surface area is 133 Å². The lowest BCUT2D eigenvalue weighted by atomic mass is 10.00. The normalized spacial score (nSPS) is 11.4. The predicted molar refractivity (Wildman–Crippen MR) is 93.4 cm³/mol. The van der Waals surface area contributed by atoms with Crippen LogP contribution in [0.1, 0.15) is 50.8 Å². The van der Waals surface area contributed by atoms with Crippen molar-refractivity contribution in [2.75, 3.05) is 7.05 Å². The van der Waals surface area contributed by atoms with Crippen molar-refractivity contribution in [3.63, 3.8) is 0 Å². The van der Waals surface area contributed by atoms with Crippen LogP contribution >= 0.6 is 0 Å². The minimum absolute atomic E-state index is 0.0924. The van der Waals surface area contributed by atoms with Crippen molar-refractivity contribution in [1.29, 1.82) is 0 Å². The monoisotopic (exact) mass is 298 g/mol. The van der Waals surface area contributed by atoms with Crippen LogP contribution in [0.4, 0.5) is 0 Å². The van der Waals surface area contributed by atoms with Crippen LogP contribution in [-0.2, 0) is 6.54 Å². The lowest BCUT2D eigenvalue weighted by Crippen LogP contribution is -2.28. The van der Waals surface area contributed by atoms with E-state index in [4.69, 9.17) is 0 Å². The van der Waals surface area contributed by atoms with Gasteiger partial charge in [-0.15, -0.1) is 0 Å². The van der Waals surface area contributed by atoms with Crippen molar-refractivity contribution in [2.45, 2.75) is 46.2 Å². The summed E-state index contributed by atoms with van der Waals surface area (Å²) < 4.78 is 1.89. The van der Waals surface area contributed by atoms with Gasteiger partial charge in [-0.2, -0.15) is 0 Å². The van der Waals surface area contributed by atoms with E-state index in [0.717, 1.165) is 16.8 Å². The molecule has 3 heteroatoms. The molecule has 22 heavy (non-hydrogen) atoms. The van der Waals surface area contributed by atoms with Crippen molar-refractivity contribution in [3.05, 3.63) is 57.9 Å². The van der Waals surface area contributed by atoms with Crippen LogP contribution in [0.15, 0.2) is 41.2 Å². The van der Waals surface area contributed by atoms with Gasteiger partial charge in [-0.1, -0.05) is 44.2 Å². The molecule has 0 saturated carbocycles. The summed E-state index contributed by atoms with van der Waals surface area (Å²) in [5, 5.41) is 3.06. The zero-order valence-corrected chi connectivity index (χ0v) is 14.2. The van der Waals surface area contributed by atoms with Gasteiger partial charge in [0.15, 0.2) is 0 Å². The van der Waals surface area contributed by atoms with Crippen LogP contribution in [0, 0.1) is 0 Å². The highest BCUT2D eigenvalue weighted by molar-refractivity contribution is 5.60. The molecule has 0 atom stereocenters.